The highest BCUT2D eigenvalue weighted by Gasteiger charge is 2.53. The van der Waals surface area contributed by atoms with Crippen LogP contribution in [-0.4, -0.2) is 98.2 Å². The number of aromatic hydroxyl groups is 2. The quantitative estimate of drug-likeness (QED) is 0.101. The number of phenolic OH excluding ortho intramolecular Hbond substituents is 2. The van der Waals surface area contributed by atoms with Gasteiger partial charge in [0.1, 0.15) is 12.1 Å². The average molecular weight is 753 g/mol. The number of amides is 5. The van der Waals surface area contributed by atoms with Crippen molar-refractivity contribution in [3.63, 3.8) is 0 Å². The Morgan fingerprint density at radius 3 is 2.28 bits per heavy atom. The number of β-amino-alcohol motifs (C(OH)–C–C–N with tert-alkyl or cyclic N) is 1. The molecule has 284 valence electrons. The summed E-state index contributed by atoms with van der Waals surface area (Å²) in [7, 11) is 0. The van der Waals surface area contributed by atoms with E-state index in [2.05, 4.69) is 26.3 Å². The molecule has 14 nitrogen and oxygen atoms in total. The number of carbonyl (C=O) groups excluding carboxylic acids is 5. The van der Waals surface area contributed by atoms with Gasteiger partial charge in [0.15, 0.2) is 17.2 Å². The number of nitrogens with zero attached hydrogens (tertiary/aromatic N) is 2. The lowest BCUT2D eigenvalue weighted by Gasteiger charge is -2.36. The number of nitrogens with one attached hydrogen (secondary N) is 4. The molecule has 5 amide bonds. The van der Waals surface area contributed by atoms with Crippen LogP contribution < -0.4 is 21.3 Å². The molecule has 0 spiro atoms. The molecule has 4 atom stereocenters. The molecule has 0 unspecified atom stereocenters. The van der Waals surface area contributed by atoms with Crippen molar-refractivity contribution in [3.05, 3.63) is 64.8 Å². The minimum atomic E-state index is -2.02. The number of aliphatic hydroxyl groups excluding tert-OH is 1. The fraction of sp³-hybridized carbons (Fsp3) is 0.459. The summed E-state index contributed by atoms with van der Waals surface area (Å²) in [5, 5.41) is 40.6. The van der Waals surface area contributed by atoms with E-state index in [1.807, 2.05) is 19.1 Å². The molecule has 7 N–H and O–H groups in total. The van der Waals surface area contributed by atoms with Crippen LogP contribution in [0.2, 0.25) is 0 Å². The molecule has 1 aliphatic carbocycles. The van der Waals surface area contributed by atoms with Gasteiger partial charge in [0.2, 0.25) is 17.7 Å². The van der Waals surface area contributed by atoms with E-state index in [1.165, 1.54) is 28.4 Å². The first kappa shape index (κ1) is 39.1. The Morgan fingerprint density at radius 1 is 1.00 bits per heavy atom. The van der Waals surface area contributed by atoms with Crippen molar-refractivity contribution in [3.8, 4) is 21.9 Å². The number of halogens is 1. The molecule has 2 fully saturated rings. The molecular formula is C37H45FN6O8S. The molecule has 0 bridgehead atoms. The van der Waals surface area contributed by atoms with Gasteiger partial charge >= 0.3 is 0 Å². The van der Waals surface area contributed by atoms with Crippen molar-refractivity contribution in [2.75, 3.05) is 19.6 Å². The Bertz CT molecular complexity index is 1860. The third-order valence-electron chi connectivity index (χ3n) is 9.35. The number of likely N-dealkylation sites (tertiary alicyclic amines) is 1. The minimum Gasteiger partial charge on any atom is -0.504 e. The van der Waals surface area contributed by atoms with Gasteiger partial charge in [-0.25, -0.2) is 9.37 Å². The van der Waals surface area contributed by atoms with Crippen LogP contribution in [0.25, 0.3) is 10.4 Å². The minimum absolute atomic E-state index is 0.0378. The van der Waals surface area contributed by atoms with Gasteiger partial charge in [0, 0.05) is 31.6 Å². The summed E-state index contributed by atoms with van der Waals surface area (Å²) in [5.74, 6) is -3.93. The zero-order valence-corrected chi connectivity index (χ0v) is 30.8. The van der Waals surface area contributed by atoms with Crippen molar-refractivity contribution in [2.24, 2.45) is 5.41 Å². The SMILES string of the molecule is Cc1ncsc1-c1ccc([C@H](CC(=O)NCCNC(=O)c2ccc(O)c(O)c2)NC(=O)[C@@H]2C[C@@H](O)CN2C(=O)[C@@H](NC(=O)C2(F)CC2)C(C)(C)C)cc1. The van der Waals surface area contributed by atoms with E-state index in [1.54, 1.807) is 38.4 Å². The summed E-state index contributed by atoms with van der Waals surface area (Å²) >= 11 is 1.48. The lowest BCUT2D eigenvalue weighted by Crippen LogP contribution is -2.59. The normalized spacial score (nSPS) is 18.8. The van der Waals surface area contributed by atoms with Gasteiger partial charge in [-0.3, -0.25) is 24.0 Å². The second kappa shape index (κ2) is 15.9. The molecule has 53 heavy (non-hydrogen) atoms. The van der Waals surface area contributed by atoms with Gasteiger partial charge in [-0.15, -0.1) is 11.3 Å². The van der Waals surface area contributed by atoms with Crippen LogP contribution in [0.3, 0.4) is 0 Å². The molecule has 5 rings (SSSR count). The largest absolute Gasteiger partial charge is 0.504 e. The number of carbonyl (C=O) groups is 5. The molecule has 2 heterocycles. The third-order valence-corrected chi connectivity index (χ3v) is 10.3. The standard InChI is InChI=1S/C37H45FN6O8S/c1-20-30(53-19-41-20)22-7-5-21(6-8-22)25(17-29(48)39-13-14-40-32(49)23-9-10-27(46)28(47)15-23)42-33(50)26-16-24(45)18-44(26)34(51)31(36(2,3)4)43-35(52)37(38)11-12-37/h5-10,15,19,24-26,31,45-47H,11-14,16-18H2,1-4H3,(H,39,48)(H,40,49)(H,42,50)(H,43,52)/t24-,25+,26+,31-/m1/s1. The summed E-state index contributed by atoms with van der Waals surface area (Å²) < 4.78 is 14.6. The van der Waals surface area contributed by atoms with Crippen LogP contribution in [0.5, 0.6) is 11.5 Å². The van der Waals surface area contributed by atoms with E-state index in [4.69, 9.17) is 0 Å². The summed E-state index contributed by atoms with van der Waals surface area (Å²) in [5.41, 5.74) is 1.33. The molecule has 1 aromatic heterocycles. The summed E-state index contributed by atoms with van der Waals surface area (Å²) in [6.07, 6.45) is -1.21. The maximum atomic E-state index is 14.6. The van der Waals surface area contributed by atoms with Gasteiger partial charge in [0.25, 0.3) is 11.8 Å². The van der Waals surface area contributed by atoms with E-state index in [-0.39, 0.29) is 56.6 Å². The number of phenols is 2. The predicted octanol–water partition coefficient (Wildman–Crippen LogP) is 2.62. The highest BCUT2D eigenvalue weighted by atomic mass is 32.1. The van der Waals surface area contributed by atoms with Crippen molar-refractivity contribution in [1.29, 1.82) is 0 Å². The molecule has 1 saturated carbocycles. The van der Waals surface area contributed by atoms with Gasteiger partial charge in [-0.05, 0) is 54.5 Å². The monoisotopic (exact) mass is 752 g/mol. The number of aryl methyl sites for hydroxylation is 1. The third kappa shape index (κ3) is 9.48. The van der Waals surface area contributed by atoms with Crippen LogP contribution in [0, 0.1) is 12.3 Å². The fourth-order valence-corrected chi connectivity index (χ4v) is 6.90. The van der Waals surface area contributed by atoms with Gasteiger partial charge < -0.3 is 41.5 Å². The van der Waals surface area contributed by atoms with Crippen LogP contribution in [-0.2, 0) is 19.2 Å². The number of rotatable bonds is 13. The second-order valence-corrected chi connectivity index (χ2v) is 15.5. The average Bonchev–Trinajstić information content (AvgIpc) is 3.51. The Kier molecular flexibility index (Phi) is 11.7. The first-order valence-electron chi connectivity index (χ1n) is 17.3. The Hall–Kier alpha value is -5.09. The zero-order valence-electron chi connectivity index (χ0n) is 29.9. The maximum absolute atomic E-state index is 14.6. The molecule has 1 saturated heterocycles. The number of hydrogen-bond donors (Lipinski definition) is 7. The summed E-state index contributed by atoms with van der Waals surface area (Å²) in [6.45, 7) is 6.93. The number of aliphatic hydroxyl groups is 1. The van der Waals surface area contributed by atoms with E-state index < -0.39 is 70.6 Å². The zero-order chi connectivity index (χ0) is 38.7. The second-order valence-electron chi connectivity index (χ2n) is 14.6. The van der Waals surface area contributed by atoms with E-state index in [0.717, 1.165) is 22.2 Å². The van der Waals surface area contributed by atoms with Crippen molar-refractivity contribution in [1.82, 2.24) is 31.2 Å². The number of thiazole rings is 1. The number of hydrogen-bond acceptors (Lipinski definition) is 10. The topological polar surface area (TPSA) is 210 Å². The Labute approximate surface area is 310 Å². The van der Waals surface area contributed by atoms with Crippen LogP contribution in [0.1, 0.15) is 74.1 Å². The van der Waals surface area contributed by atoms with Crippen molar-refractivity contribution >= 4 is 40.9 Å². The van der Waals surface area contributed by atoms with E-state index in [0.29, 0.717) is 5.56 Å². The lowest BCUT2D eigenvalue weighted by molar-refractivity contribution is -0.145. The van der Waals surface area contributed by atoms with Crippen LogP contribution in [0.4, 0.5) is 4.39 Å². The van der Waals surface area contributed by atoms with Crippen molar-refractivity contribution < 1.29 is 43.7 Å². The molecule has 16 heteroatoms. The van der Waals surface area contributed by atoms with Gasteiger partial charge in [-0.1, -0.05) is 45.0 Å². The van der Waals surface area contributed by atoms with E-state index in [9.17, 15) is 43.7 Å². The van der Waals surface area contributed by atoms with Gasteiger partial charge in [0.05, 0.1) is 34.6 Å². The van der Waals surface area contributed by atoms with Crippen molar-refractivity contribution in [2.45, 2.75) is 83.3 Å². The summed E-state index contributed by atoms with van der Waals surface area (Å²) in [4.78, 5) is 72.7. The molecule has 0 radical (unpaired) electrons. The number of alkyl halides is 1. The molecule has 2 aromatic carbocycles. The number of benzene rings is 2. The smallest absolute Gasteiger partial charge is 0.258 e. The maximum Gasteiger partial charge on any atom is 0.258 e. The fourth-order valence-electron chi connectivity index (χ4n) is 6.09. The first-order valence-corrected chi connectivity index (χ1v) is 18.2. The summed E-state index contributed by atoms with van der Waals surface area (Å²) in [6, 6.07) is 7.72. The Morgan fingerprint density at radius 2 is 1.68 bits per heavy atom. The van der Waals surface area contributed by atoms with Gasteiger partial charge in [-0.2, -0.15) is 0 Å². The highest BCUT2D eigenvalue weighted by molar-refractivity contribution is 7.13. The predicted molar refractivity (Wildman–Crippen MR) is 193 cm³/mol. The molecular weight excluding hydrogens is 708 g/mol. The molecule has 3 aromatic rings. The lowest BCUT2D eigenvalue weighted by atomic mass is 9.85. The van der Waals surface area contributed by atoms with Crippen LogP contribution >= 0.6 is 11.3 Å². The highest BCUT2D eigenvalue weighted by Crippen LogP contribution is 2.40. The molecule has 2 aliphatic rings. The Balaban J connectivity index is 1.29. The van der Waals surface area contributed by atoms with Crippen LogP contribution in [0.15, 0.2) is 48.0 Å². The number of aromatic nitrogens is 1. The first-order chi connectivity index (χ1) is 25.0. The van der Waals surface area contributed by atoms with E-state index >= 15 is 0 Å². The molecule has 1 aliphatic heterocycles.